The number of nitrogens with zero attached hydrogens (tertiary/aromatic N) is 5. The molecule has 4 heterocycles. The van der Waals surface area contributed by atoms with Crippen LogP contribution in [-0.4, -0.2) is 36.7 Å². The highest BCUT2D eigenvalue weighted by atomic mass is 35.5. The van der Waals surface area contributed by atoms with Crippen molar-refractivity contribution in [2.45, 2.75) is 13.0 Å². The number of nitrogens with one attached hydrogen (secondary N) is 2. The number of hydrogen-bond acceptors (Lipinski definition) is 5. The minimum Gasteiger partial charge on any atom is -0.312 e. The quantitative estimate of drug-likeness (QED) is 0.453. The minimum atomic E-state index is 0. The third-order valence-corrected chi connectivity index (χ3v) is 5.63. The fourth-order valence-corrected chi connectivity index (χ4v) is 4.03. The van der Waals surface area contributed by atoms with Gasteiger partial charge in [-0.1, -0.05) is 23.4 Å². The van der Waals surface area contributed by atoms with Crippen molar-refractivity contribution in [1.82, 2.24) is 35.5 Å². The molecule has 154 valence electrons. The molecule has 0 radical (unpaired) electrons. The lowest BCUT2D eigenvalue weighted by Crippen LogP contribution is -2.23. The Balaban J connectivity index is 0.00000204. The summed E-state index contributed by atoms with van der Waals surface area (Å²) in [6.07, 6.45) is 6.64. The first-order valence-corrected chi connectivity index (χ1v) is 9.99. The largest absolute Gasteiger partial charge is 0.312 e. The number of halogens is 1. The molecule has 0 saturated heterocycles. The Morgan fingerprint density at radius 3 is 2.84 bits per heavy atom. The van der Waals surface area contributed by atoms with Gasteiger partial charge >= 0.3 is 0 Å². The molecule has 7 nitrogen and oxygen atoms in total. The van der Waals surface area contributed by atoms with Crippen molar-refractivity contribution in [2.24, 2.45) is 0 Å². The summed E-state index contributed by atoms with van der Waals surface area (Å²) in [4.78, 5) is 4.22. The number of hydrogen-bond donors (Lipinski definition) is 2. The van der Waals surface area contributed by atoms with Crippen LogP contribution in [0.5, 0.6) is 0 Å². The normalized spacial score (nSPS) is 13.0. The Hall–Kier alpha value is -3.55. The van der Waals surface area contributed by atoms with Gasteiger partial charge in [0.15, 0.2) is 0 Å². The molecule has 31 heavy (non-hydrogen) atoms. The SMILES string of the molecule is Cl.c1cncc(-c2ccc3[nH]nc(-c4cn(-c5ccc6c(c5)CNCC6)nn4)c3c2)c1. The highest BCUT2D eigenvalue weighted by Crippen LogP contribution is 2.29. The number of fused-ring (bicyclic) bond motifs is 2. The minimum absolute atomic E-state index is 0. The maximum atomic E-state index is 4.51. The molecule has 0 aliphatic carbocycles. The predicted molar refractivity (Wildman–Crippen MR) is 122 cm³/mol. The van der Waals surface area contributed by atoms with E-state index in [1.165, 1.54) is 11.1 Å². The first-order valence-electron chi connectivity index (χ1n) is 9.99. The molecular weight excluding hydrogens is 410 g/mol. The summed E-state index contributed by atoms with van der Waals surface area (Å²) in [7, 11) is 0. The van der Waals surface area contributed by atoms with E-state index in [-0.39, 0.29) is 12.4 Å². The molecule has 2 N–H and O–H groups in total. The summed E-state index contributed by atoms with van der Waals surface area (Å²) in [5.41, 5.74) is 8.38. The lowest BCUT2D eigenvalue weighted by Gasteiger charge is -2.17. The molecule has 0 fully saturated rings. The second-order valence-corrected chi connectivity index (χ2v) is 7.50. The molecule has 6 rings (SSSR count). The van der Waals surface area contributed by atoms with Crippen LogP contribution in [0.15, 0.2) is 67.1 Å². The molecule has 2 aromatic carbocycles. The Morgan fingerprint density at radius 2 is 1.94 bits per heavy atom. The van der Waals surface area contributed by atoms with Gasteiger partial charge in [-0.25, -0.2) is 4.68 Å². The first-order chi connectivity index (χ1) is 14.8. The van der Waals surface area contributed by atoms with Crippen LogP contribution in [0.4, 0.5) is 0 Å². The van der Waals surface area contributed by atoms with Crippen molar-refractivity contribution < 1.29 is 0 Å². The Bertz CT molecular complexity index is 1360. The number of aromatic amines is 1. The van der Waals surface area contributed by atoms with Crippen molar-refractivity contribution in [2.75, 3.05) is 6.54 Å². The second kappa shape index (κ2) is 7.94. The molecule has 8 heteroatoms. The van der Waals surface area contributed by atoms with Crippen LogP contribution < -0.4 is 5.32 Å². The summed E-state index contributed by atoms with van der Waals surface area (Å²) in [6.45, 7) is 1.93. The third-order valence-electron chi connectivity index (χ3n) is 5.63. The lowest BCUT2D eigenvalue weighted by atomic mass is 10.0. The van der Waals surface area contributed by atoms with Gasteiger partial charge in [-0.05, 0) is 60.0 Å². The molecule has 0 spiro atoms. The van der Waals surface area contributed by atoms with E-state index in [1.807, 2.05) is 29.2 Å². The van der Waals surface area contributed by atoms with Gasteiger partial charge in [0.1, 0.15) is 11.4 Å². The van der Waals surface area contributed by atoms with Gasteiger partial charge in [0.25, 0.3) is 0 Å². The van der Waals surface area contributed by atoms with Gasteiger partial charge in [0, 0.05) is 29.9 Å². The fraction of sp³-hybridized carbons (Fsp3) is 0.130. The van der Waals surface area contributed by atoms with E-state index in [9.17, 15) is 0 Å². The van der Waals surface area contributed by atoms with E-state index >= 15 is 0 Å². The summed E-state index contributed by atoms with van der Waals surface area (Å²) >= 11 is 0. The summed E-state index contributed by atoms with van der Waals surface area (Å²) in [6, 6.07) is 16.7. The van der Waals surface area contributed by atoms with E-state index in [2.05, 4.69) is 67.2 Å². The number of H-pyrrole nitrogens is 1. The van der Waals surface area contributed by atoms with E-state index in [1.54, 1.807) is 6.20 Å². The number of rotatable bonds is 3. The third kappa shape index (κ3) is 3.48. The van der Waals surface area contributed by atoms with Crippen molar-refractivity contribution in [1.29, 1.82) is 0 Å². The molecule has 0 unspecified atom stereocenters. The van der Waals surface area contributed by atoms with Crippen LogP contribution in [0.25, 0.3) is 39.1 Å². The van der Waals surface area contributed by atoms with Gasteiger partial charge in [0.05, 0.1) is 17.4 Å². The van der Waals surface area contributed by atoms with Crippen molar-refractivity contribution >= 4 is 23.3 Å². The average Bonchev–Trinajstić information content (AvgIpc) is 3.46. The van der Waals surface area contributed by atoms with Crippen LogP contribution in [-0.2, 0) is 13.0 Å². The highest BCUT2D eigenvalue weighted by Gasteiger charge is 2.15. The maximum Gasteiger partial charge on any atom is 0.134 e. The van der Waals surface area contributed by atoms with Gasteiger partial charge in [-0.15, -0.1) is 17.5 Å². The van der Waals surface area contributed by atoms with E-state index < -0.39 is 0 Å². The summed E-state index contributed by atoms with van der Waals surface area (Å²) < 4.78 is 1.82. The standard InChI is InChI=1S/C23H19N7.ClH/c1-2-17(12-24-8-1)16-4-6-21-20(11-16)23(28-26-21)22-14-30(29-27-22)19-5-3-15-7-9-25-13-18(15)10-19;/h1-6,8,10-12,14,25H,7,9,13H2,(H,26,28);1H. The summed E-state index contributed by atoms with van der Waals surface area (Å²) in [5, 5.41) is 20.8. The van der Waals surface area contributed by atoms with Crippen molar-refractivity contribution in [3.63, 3.8) is 0 Å². The van der Waals surface area contributed by atoms with Crippen molar-refractivity contribution in [3.8, 4) is 28.2 Å². The Morgan fingerprint density at radius 1 is 0.968 bits per heavy atom. The van der Waals surface area contributed by atoms with E-state index in [0.717, 1.165) is 58.6 Å². The Kier molecular flexibility index (Phi) is 4.97. The number of pyridine rings is 1. The molecular formula is C23H20ClN7. The predicted octanol–water partition coefficient (Wildman–Crippen LogP) is 3.94. The maximum absolute atomic E-state index is 4.51. The van der Waals surface area contributed by atoms with Crippen molar-refractivity contribution in [3.05, 3.63) is 78.2 Å². The van der Waals surface area contributed by atoms with E-state index in [0.29, 0.717) is 0 Å². The molecule has 1 aliphatic rings. The van der Waals surface area contributed by atoms with Crippen LogP contribution in [0, 0.1) is 0 Å². The van der Waals surface area contributed by atoms with Gasteiger partial charge in [-0.3, -0.25) is 10.1 Å². The zero-order valence-electron chi connectivity index (χ0n) is 16.6. The van der Waals surface area contributed by atoms with Crippen LogP contribution >= 0.6 is 12.4 Å². The first kappa shape index (κ1) is 19.4. The van der Waals surface area contributed by atoms with Gasteiger partial charge in [-0.2, -0.15) is 5.10 Å². The fourth-order valence-electron chi connectivity index (χ4n) is 4.03. The molecule has 0 amide bonds. The lowest BCUT2D eigenvalue weighted by molar-refractivity contribution is 0.642. The molecule has 5 aromatic rings. The molecule has 0 saturated carbocycles. The monoisotopic (exact) mass is 429 g/mol. The number of aromatic nitrogens is 6. The smallest absolute Gasteiger partial charge is 0.134 e. The summed E-state index contributed by atoms with van der Waals surface area (Å²) in [5.74, 6) is 0. The number of benzene rings is 2. The van der Waals surface area contributed by atoms with E-state index in [4.69, 9.17) is 0 Å². The second-order valence-electron chi connectivity index (χ2n) is 7.50. The zero-order valence-corrected chi connectivity index (χ0v) is 17.4. The zero-order chi connectivity index (χ0) is 19.9. The highest BCUT2D eigenvalue weighted by molar-refractivity contribution is 5.94. The van der Waals surface area contributed by atoms with Crippen LogP contribution in [0.3, 0.4) is 0 Å². The topological polar surface area (TPSA) is 84.3 Å². The van der Waals surface area contributed by atoms with Gasteiger partial charge < -0.3 is 5.32 Å². The molecule has 3 aromatic heterocycles. The van der Waals surface area contributed by atoms with Gasteiger partial charge in [0.2, 0.25) is 0 Å². The van der Waals surface area contributed by atoms with Crippen LogP contribution in [0.1, 0.15) is 11.1 Å². The average molecular weight is 430 g/mol. The molecule has 0 bridgehead atoms. The molecule has 0 atom stereocenters. The van der Waals surface area contributed by atoms with Crippen LogP contribution in [0.2, 0.25) is 0 Å². The molecule has 1 aliphatic heterocycles. The Labute approximate surface area is 184 Å².